The summed E-state index contributed by atoms with van der Waals surface area (Å²) >= 11 is 1.43. The van der Waals surface area contributed by atoms with E-state index in [1.165, 1.54) is 23.9 Å². The van der Waals surface area contributed by atoms with Gasteiger partial charge in [0, 0.05) is 30.5 Å². The molecule has 1 fully saturated rings. The van der Waals surface area contributed by atoms with Crippen LogP contribution in [0.4, 0.5) is 5.82 Å². The molecule has 1 atom stereocenters. The van der Waals surface area contributed by atoms with Crippen LogP contribution in [0.1, 0.15) is 0 Å². The Hall–Kier alpha value is -0.840. The fourth-order valence-corrected chi connectivity index (χ4v) is 6.97. The second-order valence-corrected chi connectivity index (χ2v) is 9.64. The Kier molecular flexibility index (Phi) is 4.28. The van der Waals surface area contributed by atoms with Gasteiger partial charge in [-0.25, -0.2) is 21.8 Å². The number of thioether (sulfide) groups is 1. The van der Waals surface area contributed by atoms with Crippen molar-refractivity contribution in [1.82, 2.24) is 9.29 Å². The van der Waals surface area contributed by atoms with Crippen LogP contribution in [0.25, 0.3) is 0 Å². The van der Waals surface area contributed by atoms with Crippen LogP contribution >= 0.6 is 11.8 Å². The molecule has 1 aliphatic heterocycles. The molecular weight excluding hydrogens is 322 g/mol. The minimum Gasteiger partial charge on any atom is -0.384 e. The number of nitrogens with zero attached hydrogens (tertiary/aromatic N) is 2. The Morgan fingerprint density at radius 3 is 2.60 bits per heavy atom. The minimum atomic E-state index is -3.89. The Morgan fingerprint density at radius 2 is 2.05 bits per heavy atom. The molecule has 1 aromatic rings. The fraction of sp³-hybridized carbons (Fsp3) is 0.500. The lowest BCUT2D eigenvalue weighted by Crippen LogP contribution is -2.49. The van der Waals surface area contributed by atoms with Crippen molar-refractivity contribution in [2.45, 2.75) is 10.3 Å². The molecule has 1 aliphatic rings. The maximum atomic E-state index is 12.5. The average Bonchev–Trinajstić information content (AvgIpc) is 2.38. The molecule has 0 amide bonds. The van der Waals surface area contributed by atoms with Gasteiger partial charge in [0.05, 0.1) is 0 Å². The maximum Gasteiger partial charge on any atom is 0.245 e. The summed E-state index contributed by atoms with van der Waals surface area (Å²) in [6.45, 7) is 0.162. The lowest BCUT2D eigenvalue weighted by molar-refractivity contribution is 0.405. The second-order valence-electron chi connectivity index (χ2n) is 4.39. The van der Waals surface area contributed by atoms with Crippen LogP contribution in [0.5, 0.6) is 0 Å². The van der Waals surface area contributed by atoms with Crippen LogP contribution < -0.4 is 5.73 Å². The number of pyridine rings is 1. The molecule has 0 spiro atoms. The summed E-state index contributed by atoms with van der Waals surface area (Å²) in [4.78, 5) is 3.70. The van der Waals surface area contributed by atoms with Crippen molar-refractivity contribution >= 4 is 37.4 Å². The van der Waals surface area contributed by atoms with Gasteiger partial charge in [0.25, 0.3) is 0 Å². The average molecular weight is 337 g/mol. The van der Waals surface area contributed by atoms with E-state index in [-0.39, 0.29) is 23.0 Å². The third-order valence-corrected chi connectivity index (χ3v) is 7.57. The van der Waals surface area contributed by atoms with Gasteiger partial charge in [-0.05, 0) is 12.1 Å². The van der Waals surface area contributed by atoms with Crippen molar-refractivity contribution in [2.24, 2.45) is 0 Å². The van der Waals surface area contributed by atoms with Gasteiger partial charge >= 0.3 is 0 Å². The summed E-state index contributed by atoms with van der Waals surface area (Å²) in [6, 6.07) is 2.71. The van der Waals surface area contributed by atoms with Crippen LogP contribution in [-0.4, -0.2) is 55.8 Å². The van der Waals surface area contributed by atoms with Crippen LogP contribution in [-0.2, 0) is 19.9 Å². The second kappa shape index (κ2) is 5.51. The molecule has 1 unspecified atom stereocenters. The summed E-state index contributed by atoms with van der Waals surface area (Å²) in [5, 5.41) is -1.04. The van der Waals surface area contributed by atoms with Gasteiger partial charge in [0.1, 0.15) is 16.1 Å². The molecule has 0 aliphatic carbocycles. The Labute approximate surface area is 122 Å². The van der Waals surface area contributed by atoms with Crippen LogP contribution in [0, 0.1) is 0 Å². The number of anilines is 1. The molecule has 0 radical (unpaired) electrons. The Balaban J connectivity index is 2.43. The predicted octanol–water partition coefficient (Wildman–Crippen LogP) is -0.228. The van der Waals surface area contributed by atoms with E-state index < -0.39 is 25.2 Å². The van der Waals surface area contributed by atoms with Gasteiger partial charge < -0.3 is 5.73 Å². The number of aromatic nitrogens is 1. The summed E-state index contributed by atoms with van der Waals surface area (Å²) in [5.74, 6) is 1.01. The van der Waals surface area contributed by atoms with E-state index in [4.69, 9.17) is 5.73 Å². The number of sulfonamides is 1. The monoisotopic (exact) mass is 337 g/mol. The van der Waals surface area contributed by atoms with Crippen molar-refractivity contribution in [2.75, 3.05) is 30.0 Å². The summed E-state index contributed by atoms with van der Waals surface area (Å²) in [7, 11) is -7.38. The SMILES string of the molecule is CS(=O)(=O)C1CSCCN1S(=O)(=O)c1ccc(N)nc1. The van der Waals surface area contributed by atoms with E-state index in [0.717, 1.165) is 16.8 Å². The maximum absolute atomic E-state index is 12.5. The van der Waals surface area contributed by atoms with E-state index in [1.54, 1.807) is 0 Å². The molecule has 10 heteroatoms. The lowest BCUT2D eigenvalue weighted by atomic mass is 10.5. The van der Waals surface area contributed by atoms with Gasteiger partial charge in [-0.1, -0.05) is 0 Å². The van der Waals surface area contributed by atoms with E-state index in [2.05, 4.69) is 4.98 Å². The predicted molar refractivity (Wildman–Crippen MR) is 78.5 cm³/mol. The quantitative estimate of drug-likeness (QED) is 0.811. The molecule has 2 heterocycles. The highest BCUT2D eigenvalue weighted by Crippen LogP contribution is 2.27. The van der Waals surface area contributed by atoms with Gasteiger partial charge in [0.2, 0.25) is 10.0 Å². The number of rotatable bonds is 3. The van der Waals surface area contributed by atoms with E-state index >= 15 is 0 Å². The molecule has 2 N–H and O–H groups in total. The first-order valence-corrected chi connectivity index (χ1v) is 10.3. The number of hydrogen-bond donors (Lipinski definition) is 1. The number of sulfone groups is 1. The van der Waals surface area contributed by atoms with Gasteiger partial charge in [0.15, 0.2) is 9.84 Å². The van der Waals surface area contributed by atoms with E-state index in [9.17, 15) is 16.8 Å². The molecule has 0 bridgehead atoms. The van der Waals surface area contributed by atoms with Crippen LogP contribution in [0.3, 0.4) is 0 Å². The van der Waals surface area contributed by atoms with E-state index in [1.807, 2.05) is 0 Å². The normalized spacial score (nSPS) is 21.8. The van der Waals surface area contributed by atoms with Crippen molar-refractivity contribution in [3.8, 4) is 0 Å². The fourth-order valence-electron chi connectivity index (χ4n) is 1.86. The Bertz CT molecular complexity index is 685. The van der Waals surface area contributed by atoms with Gasteiger partial charge in [-0.15, -0.1) is 0 Å². The molecule has 20 heavy (non-hydrogen) atoms. The molecule has 7 nitrogen and oxygen atoms in total. The standard InChI is InChI=1S/C10H15N3O4S3/c1-19(14,15)10-7-18-5-4-13(10)20(16,17)8-2-3-9(11)12-6-8/h2-3,6,10H,4-5,7H2,1H3,(H2,11,12). The first kappa shape index (κ1) is 15.5. The number of nitrogen functional groups attached to an aromatic ring is 1. The van der Waals surface area contributed by atoms with Crippen molar-refractivity contribution in [3.63, 3.8) is 0 Å². The number of nitrogens with two attached hydrogens (primary N) is 1. The lowest BCUT2D eigenvalue weighted by Gasteiger charge is -2.32. The zero-order chi connectivity index (χ0) is 15.0. The molecular formula is C10H15N3O4S3. The third kappa shape index (κ3) is 3.08. The van der Waals surface area contributed by atoms with Crippen LogP contribution in [0.15, 0.2) is 23.2 Å². The highest BCUT2D eigenvalue weighted by molar-refractivity contribution is 8.01. The first-order chi connectivity index (χ1) is 9.23. The highest BCUT2D eigenvalue weighted by atomic mass is 32.2. The van der Waals surface area contributed by atoms with Crippen LogP contribution in [0.2, 0.25) is 0 Å². The summed E-state index contributed by atoms with van der Waals surface area (Å²) in [6.07, 6.45) is 2.19. The third-order valence-electron chi connectivity index (χ3n) is 2.90. The number of hydrogen-bond acceptors (Lipinski definition) is 7. The first-order valence-electron chi connectivity index (χ1n) is 5.73. The molecule has 1 aromatic heterocycles. The van der Waals surface area contributed by atoms with Gasteiger partial charge in [-0.3, -0.25) is 0 Å². The van der Waals surface area contributed by atoms with Crippen molar-refractivity contribution in [1.29, 1.82) is 0 Å². The van der Waals surface area contributed by atoms with Gasteiger partial charge in [-0.2, -0.15) is 16.1 Å². The molecule has 0 saturated carbocycles. The molecule has 2 rings (SSSR count). The zero-order valence-corrected chi connectivity index (χ0v) is 13.2. The topological polar surface area (TPSA) is 110 Å². The zero-order valence-electron chi connectivity index (χ0n) is 10.8. The molecule has 1 saturated heterocycles. The van der Waals surface area contributed by atoms with Crippen molar-refractivity contribution in [3.05, 3.63) is 18.3 Å². The van der Waals surface area contributed by atoms with Crippen molar-refractivity contribution < 1.29 is 16.8 Å². The molecule has 0 aromatic carbocycles. The minimum absolute atomic E-state index is 0.0488. The summed E-state index contributed by atoms with van der Waals surface area (Å²) < 4.78 is 49.6. The smallest absolute Gasteiger partial charge is 0.245 e. The highest BCUT2D eigenvalue weighted by Gasteiger charge is 2.39. The largest absolute Gasteiger partial charge is 0.384 e. The van der Waals surface area contributed by atoms with E-state index in [0.29, 0.717) is 5.75 Å². The Morgan fingerprint density at radius 1 is 1.35 bits per heavy atom. The summed E-state index contributed by atoms with van der Waals surface area (Å²) in [5.41, 5.74) is 5.43. The molecule has 112 valence electrons.